The number of ether oxygens (including phenoxy) is 3. The summed E-state index contributed by atoms with van der Waals surface area (Å²) in [5, 5.41) is 2.79. The molecule has 0 aliphatic carbocycles. The summed E-state index contributed by atoms with van der Waals surface area (Å²) in [6, 6.07) is 6.98. The molecule has 234 valence electrons. The van der Waals surface area contributed by atoms with Gasteiger partial charge in [0.1, 0.15) is 28.7 Å². The molecule has 0 bridgehead atoms. The molecule has 42 heavy (non-hydrogen) atoms. The first kappa shape index (κ1) is 38.1. The monoisotopic (exact) mass is 1050 g/mol. The second-order valence-corrected chi connectivity index (χ2v) is 22.9. The van der Waals surface area contributed by atoms with E-state index in [0.717, 1.165) is 31.3 Å². The van der Waals surface area contributed by atoms with E-state index in [4.69, 9.17) is 18.6 Å². The van der Waals surface area contributed by atoms with E-state index in [-0.39, 0.29) is 11.5 Å². The van der Waals surface area contributed by atoms with Crippen molar-refractivity contribution < 1.29 is 28.2 Å². The smallest absolute Gasteiger partial charge is 0.408 e. The average Bonchev–Trinajstić information content (AvgIpc) is 2.75. The van der Waals surface area contributed by atoms with Gasteiger partial charge in [0.2, 0.25) is 0 Å². The molecule has 0 spiro atoms. The van der Waals surface area contributed by atoms with E-state index in [0.29, 0.717) is 5.75 Å². The van der Waals surface area contributed by atoms with Crippen LogP contribution in [-0.4, -0.2) is 37.6 Å². The molecule has 0 saturated heterocycles. The quantitative estimate of drug-likeness (QED) is 0.161. The molecule has 2 rings (SSSR count). The summed E-state index contributed by atoms with van der Waals surface area (Å²) in [5.41, 5.74) is -0.548. The highest BCUT2D eigenvalue weighted by Crippen LogP contribution is 2.42. The van der Waals surface area contributed by atoms with Crippen molar-refractivity contribution in [2.75, 3.05) is 0 Å². The van der Waals surface area contributed by atoms with Crippen LogP contribution in [-0.2, 0) is 20.7 Å². The first-order valence-corrected chi connectivity index (χ1v) is 20.7. The van der Waals surface area contributed by atoms with Gasteiger partial charge in [-0.2, -0.15) is 0 Å². The summed E-state index contributed by atoms with van der Waals surface area (Å²) >= 11 is 9.10. The predicted octanol–water partition coefficient (Wildman–Crippen LogP) is 10.1. The molecule has 0 aliphatic heterocycles. The Kier molecular flexibility index (Phi) is 13.2. The molecule has 7 nitrogen and oxygen atoms in total. The molecule has 0 radical (unpaired) electrons. The van der Waals surface area contributed by atoms with Gasteiger partial charge in [-0.05, 0) is 180 Å². The number of alkyl carbamates (subject to hydrolysis) is 1. The minimum absolute atomic E-state index is 0.0905. The van der Waals surface area contributed by atoms with Crippen LogP contribution in [0.4, 0.5) is 4.79 Å². The van der Waals surface area contributed by atoms with Gasteiger partial charge in [0.15, 0.2) is 5.75 Å². The molecular weight excluding hydrogens is 1010 g/mol. The number of benzene rings is 2. The maximum absolute atomic E-state index is 13.0. The third-order valence-corrected chi connectivity index (χ3v) is 13.8. The van der Waals surface area contributed by atoms with Gasteiger partial charge in [-0.15, -0.1) is 0 Å². The van der Waals surface area contributed by atoms with Gasteiger partial charge in [-0.1, -0.05) is 20.8 Å². The van der Waals surface area contributed by atoms with E-state index in [2.05, 4.69) is 130 Å². The van der Waals surface area contributed by atoms with Crippen molar-refractivity contribution in [3.05, 3.63) is 44.1 Å². The number of rotatable bonds is 8. The number of nitrogens with one attached hydrogen (secondary N) is 1. The van der Waals surface area contributed by atoms with Crippen molar-refractivity contribution in [2.45, 2.75) is 104 Å². The molecule has 0 heterocycles. The lowest BCUT2D eigenvalue weighted by molar-refractivity contribution is -0.157. The number of carbonyl (C=O) groups excluding carboxylic acids is 2. The lowest BCUT2D eigenvalue weighted by Gasteiger charge is -2.37. The van der Waals surface area contributed by atoms with Crippen molar-refractivity contribution in [2.24, 2.45) is 0 Å². The molecular formula is C30H41I4NO6Si. The number of halogens is 4. The lowest BCUT2D eigenvalue weighted by atomic mass is 10.1. The number of amides is 1. The minimum Gasteiger partial charge on any atom is -0.542 e. The minimum atomic E-state index is -2.00. The Labute approximate surface area is 306 Å². The van der Waals surface area contributed by atoms with E-state index >= 15 is 0 Å². The molecule has 1 amide bonds. The Morgan fingerprint density at radius 2 is 1.21 bits per heavy atom. The summed E-state index contributed by atoms with van der Waals surface area (Å²) in [6.45, 7) is 21.9. The predicted molar refractivity (Wildman–Crippen MR) is 204 cm³/mol. The van der Waals surface area contributed by atoms with Crippen LogP contribution in [0.2, 0.25) is 18.1 Å². The molecule has 2 aromatic rings. The molecule has 0 aliphatic rings. The zero-order valence-corrected chi connectivity index (χ0v) is 35.7. The fourth-order valence-corrected chi connectivity index (χ4v) is 8.80. The third-order valence-electron chi connectivity index (χ3n) is 6.24. The normalized spacial score (nSPS) is 13.3. The Balaban J connectivity index is 2.33. The maximum atomic E-state index is 13.0. The summed E-state index contributed by atoms with van der Waals surface area (Å²) in [6.07, 6.45) is -0.441. The molecule has 0 aromatic heterocycles. The van der Waals surface area contributed by atoms with E-state index < -0.39 is 37.6 Å². The van der Waals surface area contributed by atoms with Crippen molar-refractivity contribution in [3.63, 3.8) is 0 Å². The van der Waals surface area contributed by atoms with Gasteiger partial charge >= 0.3 is 12.1 Å². The second kappa shape index (κ2) is 14.6. The molecule has 0 fully saturated rings. The number of hydrogen-bond acceptors (Lipinski definition) is 6. The van der Waals surface area contributed by atoms with Crippen LogP contribution in [0, 0.1) is 14.3 Å². The van der Waals surface area contributed by atoms with E-state index in [1.165, 1.54) is 0 Å². The van der Waals surface area contributed by atoms with Crippen molar-refractivity contribution in [1.82, 2.24) is 5.32 Å². The van der Waals surface area contributed by atoms with E-state index in [1.54, 1.807) is 41.5 Å². The fraction of sp³-hybridized carbons (Fsp3) is 0.533. The molecule has 1 atom stereocenters. The fourth-order valence-electron chi connectivity index (χ4n) is 3.30. The van der Waals surface area contributed by atoms with Gasteiger partial charge in [0.25, 0.3) is 8.32 Å². The van der Waals surface area contributed by atoms with Gasteiger partial charge < -0.3 is 24.0 Å². The highest BCUT2D eigenvalue weighted by Gasteiger charge is 2.40. The van der Waals surface area contributed by atoms with Crippen molar-refractivity contribution >= 4 is 111 Å². The average molecular weight is 1050 g/mol. The maximum Gasteiger partial charge on any atom is 0.408 e. The Morgan fingerprint density at radius 3 is 1.64 bits per heavy atom. The number of hydrogen-bond donors (Lipinski definition) is 1. The van der Waals surface area contributed by atoms with Crippen LogP contribution in [0.15, 0.2) is 24.3 Å². The Hall–Kier alpha value is -0.0831. The zero-order chi connectivity index (χ0) is 32.4. The first-order valence-electron chi connectivity index (χ1n) is 13.4. The summed E-state index contributed by atoms with van der Waals surface area (Å²) < 4.78 is 27.8. The van der Waals surface area contributed by atoms with Gasteiger partial charge in [-0.25, -0.2) is 9.59 Å². The van der Waals surface area contributed by atoms with Crippen LogP contribution < -0.4 is 14.5 Å². The zero-order valence-electron chi connectivity index (χ0n) is 26.1. The summed E-state index contributed by atoms with van der Waals surface area (Å²) in [5.74, 6) is 1.81. The second-order valence-electron chi connectivity index (χ2n) is 13.5. The van der Waals surface area contributed by atoms with Crippen molar-refractivity contribution in [1.29, 1.82) is 0 Å². The number of carbonyl (C=O) groups is 2. The van der Waals surface area contributed by atoms with Crippen LogP contribution >= 0.6 is 90.4 Å². The molecule has 0 saturated carbocycles. The summed E-state index contributed by atoms with van der Waals surface area (Å²) in [4.78, 5) is 25.6. The Morgan fingerprint density at radius 1 is 0.762 bits per heavy atom. The van der Waals surface area contributed by atoms with E-state index in [1.807, 2.05) is 24.3 Å². The summed E-state index contributed by atoms with van der Waals surface area (Å²) in [7, 11) is -2.00. The van der Waals surface area contributed by atoms with Crippen molar-refractivity contribution in [3.8, 4) is 17.2 Å². The SMILES string of the molecule is CC(C)(C)OC(=O)N[C@@H](Cc1cc(I)c(Oc2cc(I)c(O[Si](C)(C)C(C)(C)C)c(I)c2)c(I)c1)C(=O)OC(C)(C)C. The van der Waals surface area contributed by atoms with Crippen LogP contribution in [0.1, 0.15) is 67.9 Å². The van der Waals surface area contributed by atoms with Gasteiger partial charge in [0, 0.05) is 6.42 Å². The Bertz CT molecular complexity index is 1270. The first-order chi connectivity index (χ1) is 18.9. The van der Waals surface area contributed by atoms with Crippen LogP contribution in [0.5, 0.6) is 17.2 Å². The van der Waals surface area contributed by atoms with Crippen LogP contribution in [0.25, 0.3) is 0 Å². The largest absolute Gasteiger partial charge is 0.542 e. The van der Waals surface area contributed by atoms with Gasteiger partial charge in [0.05, 0.1) is 14.3 Å². The third kappa shape index (κ3) is 11.7. The van der Waals surface area contributed by atoms with E-state index in [9.17, 15) is 9.59 Å². The van der Waals surface area contributed by atoms with Gasteiger partial charge in [-0.3, -0.25) is 0 Å². The molecule has 1 N–H and O–H groups in total. The molecule has 12 heteroatoms. The van der Waals surface area contributed by atoms with Crippen LogP contribution in [0.3, 0.4) is 0 Å². The highest BCUT2D eigenvalue weighted by molar-refractivity contribution is 14.1. The molecule has 0 unspecified atom stereocenters. The highest BCUT2D eigenvalue weighted by atomic mass is 127. The lowest BCUT2D eigenvalue weighted by Crippen LogP contribution is -2.47. The number of esters is 1. The molecule has 2 aromatic carbocycles. The topological polar surface area (TPSA) is 83.1 Å². The standard InChI is InChI=1S/C30H41I4NO6Si/c1-28(2,3)39-26(36)23(35-27(37)40-29(4,5)6)14-17-12-19(31)24(20(32)13-17)38-18-15-21(33)25(22(34)16-18)41-42(10,11)30(7,8)9/h12-13,15-16,23H,14H2,1-11H3,(H,35,37)/t23-/m0/s1.